The van der Waals surface area contributed by atoms with Crippen molar-refractivity contribution in [3.63, 3.8) is 0 Å². The molecule has 0 bridgehead atoms. The molecule has 4 heteroatoms. The molecule has 0 aromatic heterocycles. The van der Waals surface area contributed by atoms with Crippen LogP contribution in [0.3, 0.4) is 0 Å². The van der Waals surface area contributed by atoms with Crippen LogP contribution in [-0.4, -0.2) is 11.1 Å². The van der Waals surface area contributed by atoms with Gasteiger partial charge in [-0.15, -0.1) is 0 Å². The average Bonchev–Trinajstić information content (AvgIpc) is 2.05. The summed E-state index contributed by atoms with van der Waals surface area (Å²) in [7, 11) is 0. The van der Waals surface area contributed by atoms with Crippen molar-refractivity contribution < 1.29 is 9.90 Å². The van der Waals surface area contributed by atoms with Crippen LogP contribution in [0.5, 0.6) is 0 Å². The van der Waals surface area contributed by atoms with E-state index in [1.807, 2.05) is 6.07 Å². The van der Waals surface area contributed by atoms with Crippen LogP contribution in [0.4, 0.5) is 0 Å². The van der Waals surface area contributed by atoms with Gasteiger partial charge in [0.05, 0.1) is 5.56 Å². The molecule has 0 spiro atoms. The minimum absolute atomic E-state index is 0.298. The Kier molecular flexibility index (Phi) is 3.29. The molecule has 0 amide bonds. The number of alkyl halides is 1. The number of aromatic carboxylic acids is 1. The smallest absolute Gasteiger partial charge is 0.336 e. The Balaban J connectivity index is 3.17. The summed E-state index contributed by atoms with van der Waals surface area (Å²) in [5.74, 6) is -0.912. The molecule has 0 aliphatic carbocycles. The van der Waals surface area contributed by atoms with E-state index in [9.17, 15) is 4.79 Å². The Morgan fingerprint density at radius 3 is 2.67 bits per heavy atom. The number of carboxylic acid groups (broad SMARTS) is 1. The fourth-order valence-corrected chi connectivity index (χ4v) is 1.58. The van der Waals surface area contributed by atoms with Crippen molar-refractivity contribution in [3.8, 4) is 0 Å². The lowest BCUT2D eigenvalue weighted by Crippen LogP contribution is -1.98. The first-order chi connectivity index (χ1) is 5.65. The van der Waals surface area contributed by atoms with Crippen molar-refractivity contribution in [2.24, 2.45) is 0 Å². The molecule has 1 rings (SSSR count). The zero-order valence-corrected chi connectivity index (χ0v) is 9.22. The van der Waals surface area contributed by atoms with Gasteiger partial charge in [0.1, 0.15) is 0 Å². The lowest BCUT2D eigenvalue weighted by molar-refractivity contribution is 0.0696. The van der Waals surface area contributed by atoms with E-state index in [-0.39, 0.29) is 0 Å². The molecule has 0 saturated carbocycles. The van der Waals surface area contributed by atoms with Crippen LogP contribution in [-0.2, 0) is 5.33 Å². The number of benzene rings is 1. The second-order valence-corrected chi connectivity index (χ2v) is 3.67. The largest absolute Gasteiger partial charge is 0.478 e. The maximum absolute atomic E-state index is 10.6. The highest BCUT2D eigenvalue weighted by molar-refractivity contribution is 9.10. The summed E-state index contributed by atoms with van der Waals surface area (Å²) in [5.41, 5.74) is 1.25. The zero-order chi connectivity index (χ0) is 9.14. The van der Waals surface area contributed by atoms with Gasteiger partial charge in [-0.2, -0.15) is 0 Å². The molecule has 0 unspecified atom stereocenters. The summed E-state index contributed by atoms with van der Waals surface area (Å²) < 4.78 is 0.611. The Bertz CT molecular complexity index is 310. The van der Waals surface area contributed by atoms with E-state index in [0.29, 0.717) is 15.4 Å². The Labute approximate surface area is 86.9 Å². The molecule has 1 N–H and O–H groups in total. The van der Waals surface area contributed by atoms with Gasteiger partial charge in [0.25, 0.3) is 0 Å². The molecule has 12 heavy (non-hydrogen) atoms. The van der Waals surface area contributed by atoms with Crippen molar-refractivity contribution in [3.05, 3.63) is 33.8 Å². The lowest BCUT2D eigenvalue weighted by atomic mass is 10.1. The molecule has 1 aromatic rings. The van der Waals surface area contributed by atoms with Gasteiger partial charge in [-0.25, -0.2) is 4.79 Å². The summed E-state index contributed by atoms with van der Waals surface area (Å²) in [6, 6.07) is 5.24. The first kappa shape index (κ1) is 9.74. The highest BCUT2D eigenvalue weighted by Crippen LogP contribution is 2.19. The molecule has 64 valence electrons. The number of hydrogen-bond acceptors (Lipinski definition) is 1. The maximum atomic E-state index is 10.6. The molecular weight excluding hydrogens is 288 g/mol. The summed E-state index contributed by atoms with van der Waals surface area (Å²) in [6.45, 7) is 0. The summed E-state index contributed by atoms with van der Waals surface area (Å²) in [5, 5.41) is 9.41. The van der Waals surface area contributed by atoms with Gasteiger partial charge in [0.15, 0.2) is 0 Å². The SMILES string of the molecule is O=C(O)c1cc(CBr)ccc1Br. The van der Waals surface area contributed by atoms with Crippen LogP contribution < -0.4 is 0 Å². The van der Waals surface area contributed by atoms with Crippen LogP contribution in [0.25, 0.3) is 0 Å². The maximum Gasteiger partial charge on any atom is 0.336 e. The van der Waals surface area contributed by atoms with E-state index in [1.54, 1.807) is 12.1 Å². The number of hydrogen-bond donors (Lipinski definition) is 1. The minimum atomic E-state index is -0.912. The zero-order valence-electron chi connectivity index (χ0n) is 6.05. The standard InChI is InChI=1S/C8H6Br2O2/c9-4-5-1-2-7(10)6(3-5)8(11)12/h1-3H,4H2,(H,11,12). The number of carboxylic acids is 1. The molecule has 0 fully saturated rings. The molecule has 0 saturated heterocycles. The van der Waals surface area contributed by atoms with Crippen molar-refractivity contribution in [2.75, 3.05) is 0 Å². The first-order valence-electron chi connectivity index (χ1n) is 3.23. The van der Waals surface area contributed by atoms with Crippen molar-refractivity contribution in [2.45, 2.75) is 5.33 Å². The number of halogens is 2. The molecule has 0 aliphatic rings. The summed E-state index contributed by atoms with van der Waals surface area (Å²) >= 11 is 6.42. The van der Waals surface area contributed by atoms with Crippen LogP contribution >= 0.6 is 31.9 Å². The van der Waals surface area contributed by atoms with E-state index in [4.69, 9.17) is 5.11 Å². The fourth-order valence-electron chi connectivity index (χ4n) is 0.819. The minimum Gasteiger partial charge on any atom is -0.478 e. The summed E-state index contributed by atoms with van der Waals surface area (Å²) in [6.07, 6.45) is 0. The van der Waals surface area contributed by atoms with Gasteiger partial charge in [0, 0.05) is 9.80 Å². The van der Waals surface area contributed by atoms with Gasteiger partial charge < -0.3 is 5.11 Å². The average molecular weight is 294 g/mol. The number of carbonyl (C=O) groups is 1. The Morgan fingerprint density at radius 1 is 1.50 bits per heavy atom. The first-order valence-corrected chi connectivity index (χ1v) is 5.14. The third-order valence-electron chi connectivity index (χ3n) is 1.42. The third kappa shape index (κ3) is 2.08. The molecule has 0 atom stereocenters. The van der Waals surface area contributed by atoms with E-state index in [2.05, 4.69) is 31.9 Å². The predicted octanol–water partition coefficient (Wildman–Crippen LogP) is 3.04. The van der Waals surface area contributed by atoms with Crippen molar-refractivity contribution in [1.82, 2.24) is 0 Å². The predicted molar refractivity (Wildman–Crippen MR) is 53.7 cm³/mol. The number of rotatable bonds is 2. The van der Waals surface area contributed by atoms with Crippen LogP contribution in [0.2, 0.25) is 0 Å². The highest BCUT2D eigenvalue weighted by atomic mass is 79.9. The molecule has 0 heterocycles. The van der Waals surface area contributed by atoms with Crippen LogP contribution in [0, 0.1) is 0 Å². The van der Waals surface area contributed by atoms with E-state index < -0.39 is 5.97 Å². The molecule has 0 aliphatic heterocycles. The van der Waals surface area contributed by atoms with Gasteiger partial charge >= 0.3 is 5.97 Å². The van der Waals surface area contributed by atoms with Gasteiger partial charge in [-0.1, -0.05) is 22.0 Å². The van der Waals surface area contributed by atoms with Crippen molar-refractivity contribution in [1.29, 1.82) is 0 Å². The molecular formula is C8H6Br2O2. The van der Waals surface area contributed by atoms with Crippen molar-refractivity contribution >= 4 is 37.8 Å². The van der Waals surface area contributed by atoms with E-state index >= 15 is 0 Å². The van der Waals surface area contributed by atoms with Gasteiger partial charge in [-0.3, -0.25) is 0 Å². The fraction of sp³-hybridized carbons (Fsp3) is 0.125. The Hall–Kier alpha value is -0.350. The Morgan fingerprint density at radius 2 is 2.17 bits per heavy atom. The normalized spacial score (nSPS) is 9.83. The third-order valence-corrected chi connectivity index (χ3v) is 2.75. The van der Waals surface area contributed by atoms with E-state index in [0.717, 1.165) is 5.56 Å². The molecule has 1 aromatic carbocycles. The lowest BCUT2D eigenvalue weighted by Gasteiger charge is -2.00. The topological polar surface area (TPSA) is 37.3 Å². The van der Waals surface area contributed by atoms with Crippen LogP contribution in [0.1, 0.15) is 15.9 Å². The van der Waals surface area contributed by atoms with E-state index in [1.165, 1.54) is 0 Å². The highest BCUT2D eigenvalue weighted by Gasteiger charge is 2.07. The van der Waals surface area contributed by atoms with Gasteiger partial charge in [0.2, 0.25) is 0 Å². The second-order valence-electron chi connectivity index (χ2n) is 2.25. The monoisotopic (exact) mass is 292 g/mol. The van der Waals surface area contributed by atoms with Gasteiger partial charge in [-0.05, 0) is 33.6 Å². The quantitative estimate of drug-likeness (QED) is 0.851. The molecule has 2 nitrogen and oxygen atoms in total. The second kappa shape index (κ2) is 4.05. The van der Waals surface area contributed by atoms with Crippen LogP contribution in [0.15, 0.2) is 22.7 Å². The summed E-state index contributed by atoms with van der Waals surface area (Å²) in [4.78, 5) is 10.6. The molecule has 0 radical (unpaired) electrons.